The average molecular weight is 228 g/mol. The summed E-state index contributed by atoms with van der Waals surface area (Å²) in [5.74, 6) is 0. The minimum Gasteiger partial charge on any atom is -0.594 e. The number of azo groups is 1. The van der Waals surface area contributed by atoms with Gasteiger partial charge in [0.15, 0.2) is 0 Å². The summed E-state index contributed by atoms with van der Waals surface area (Å²) in [6, 6.07) is 13.3. The van der Waals surface area contributed by atoms with E-state index in [1.807, 2.05) is 0 Å². The Balaban J connectivity index is 2.27. The van der Waals surface area contributed by atoms with Gasteiger partial charge in [-0.1, -0.05) is 4.86 Å². The number of hydrogen-bond donors (Lipinski definition) is 2. The van der Waals surface area contributed by atoms with Crippen LogP contribution in [0.1, 0.15) is 0 Å². The first-order chi connectivity index (χ1) is 8.15. The highest BCUT2D eigenvalue weighted by molar-refractivity contribution is 5.47. The molecule has 5 nitrogen and oxygen atoms in total. The predicted octanol–water partition coefficient (Wildman–Crippen LogP) is 2.78. The smallest absolute Gasteiger partial charge is 0.245 e. The van der Waals surface area contributed by atoms with E-state index in [1.54, 1.807) is 48.5 Å². The van der Waals surface area contributed by atoms with Crippen molar-refractivity contribution in [1.82, 2.24) is 0 Å². The van der Waals surface area contributed by atoms with Crippen LogP contribution in [0, 0.1) is 5.21 Å². The van der Waals surface area contributed by atoms with E-state index in [9.17, 15) is 5.21 Å². The summed E-state index contributed by atoms with van der Waals surface area (Å²) >= 11 is 0. The lowest BCUT2D eigenvalue weighted by Gasteiger charge is -2.00. The molecule has 0 radical (unpaired) electrons. The normalized spacial score (nSPS) is 11.4. The SMILES string of the molecule is Nc1ccc(N=[N+]([O-])c2ccc(N)cc2)cc1. The molecule has 0 spiro atoms. The van der Waals surface area contributed by atoms with Crippen molar-refractivity contribution in [1.29, 1.82) is 0 Å². The van der Waals surface area contributed by atoms with E-state index in [1.165, 1.54) is 0 Å². The molecule has 0 saturated heterocycles. The van der Waals surface area contributed by atoms with Crippen LogP contribution in [0.4, 0.5) is 22.7 Å². The Hall–Kier alpha value is -2.56. The highest BCUT2D eigenvalue weighted by Crippen LogP contribution is 2.19. The van der Waals surface area contributed by atoms with E-state index in [0.29, 0.717) is 27.6 Å². The van der Waals surface area contributed by atoms with Crippen molar-refractivity contribution in [2.75, 3.05) is 11.5 Å². The third-order valence-electron chi connectivity index (χ3n) is 2.21. The van der Waals surface area contributed by atoms with Crippen LogP contribution in [-0.4, -0.2) is 4.86 Å². The first-order valence-corrected chi connectivity index (χ1v) is 5.05. The summed E-state index contributed by atoms with van der Waals surface area (Å²) < 4.78 is 0. The largest absolute Gasteiger partial charge is 0.594 e. The molecule has 0 atom stereocenters. The van der Waals surface area contributed by atoms with Gasteiger partial charge in [-0.15, -0.1) is 0 Å². The van der Waals surface area contributed by atoms with Crippen LogP contribution in [0.5, 0.6) is 0 Å². The fourth-order valence-electron chi connectivity index (χ4n) is 1.31. The number of anilines is 2. The third-order valence-corrected chi connectivity index (χ3v) is 2.21. The van der Waals surface area contributed by atoms with Crippen LogP contribution in [0.2, 0.25) is 0 Å². The number of nitrogens with zero attached hydrogens (tertiary/aromatic N) is 2. The molecule has 0 aliphatic heterocycles. The van der Waals surface area contributed by atoms with E-state index in [2.05, 4.69) is 5.11 Å². The predicted molar refractivity (Wildman–Crippen MR) is 67.1 cm³/mol. The van der Waals surface area contributed by atoms with Gasteiger partial charge in [0.05, 0.1) is 0 Å². The van der Waals surface area contributed by atoms with Gasteiger partial charge in [-0.25, -0.2) is 0 Å². The minimum absolute atomic E-state index is 0.427. The highest BCUT2D eigenvalue weighted by atomic mass is 16.5. The molecule has 2 rings (SSSR count). The molecule has 4 N–H and O–H groups in total. The van der Waals surface area contributed by atoms with E-state index < -0.39 is 0 Å². The molecule has 2 aromatic carbocycles. The zero-order valence-electron chi connectivity index (χ0n) is 9.08. The second-order valence-corrected chi connectivity index (χ2v) is 3.56. The summed E-state index contributed by atoms with van der Waals surface area (Å²) in [5, 5.41) is 15.6. The molecule has 0 amide bonds. The number of rotatable bonds is 2. The zero-order chi connectivity index (χ0) is 12.3. The molecule has 0 heterocycles. The molecule has 17 heavy (non-hydrogen) atoms. The second-order valence-electron chi connectivity index (χ2n) is 3.56. The number of hydrogen-bond acceptors (Lipinski definition) is 4. The lowest BCUT2D eigenvalue weighted by atomic mass is 10.3. The Labute approximate surface area is 98.6 Å². The van der Waals surface area contributed by atoms with Crippen molar-refractivity contribution in [3.8, 4) is 0 Å². The van der Waals surface area contributed by atoms with Gasteiger partial charge in [-0.05, 0) is 36.4 Å². The summed E-state index contributed by atoms with van der Waals surface area (Å²) in [5.41, 5.74) is 13.3. The van der Waals surface area contributed by atoms with Crippen molar-refractivity contribution < 1.29 is 4.86 Å². The summed E-state index contributed by atoms with van der Waals surface area (Å²) in [6.07, 6.45) is 0. The van der Waals surface area contributed by atoms with Crippen molar-refractivity contribution >= 4 is 22.7 Å². The zero-order valence-corrected chi connectivity index (χ0v) is 9.08. The number of nitrogens with two attached hydrogens (primary N) is 2. The molecule has 2 aromatic rings. The maximum Gasteiger partial charge on any atom is 0.245 e. The molecule has 0 aliphatic rings. The second kappa shape index (κ2) is 4.52. The molecule has 86 valence electrons. The van der Waals surface area contributed by atoms with Gasteiger partial charge >= 0.3 is 0 Å². The van der Waals surface area contributed by atoms with Gasteiger partial charge in [0, 0.05) is 28.6 Å². The molecule has 0 fully saturated rings. The Kier molecular flexibility index (Phi) is 2.91. The first-order valence-electron chi connectivity index (χ1n) is 5.05. The van der Waals surface area contributed by atoms with Crippen LogP contribution in [0.25, 0.3) is 0 Å². The van der Waals surface area contributed by atoms with E-state index >= 15 is 0 Å². The standard InChI is InChI=1S/C12H12N4O/c13-9-1-5-11(6-2-9)15-16(17)12-7-3-10(14)4-8-12/h1-8H,13-14H2. The monoisotopic (exact) mass is 228 g/mol. The molecular weight excluding hydrogens is 216 g/mol. The van der Waals surface area contributed by atoms with E-state index in [-0.39, 0.29) is 0 Å². The Morgan fingerprint density at radius 1 is 0.824 bits per heavy atom. The lowest BCUT2D eigenvalue weighted by molar-refractivity contribution is -0.435. The molecule has 0 aromatic heterocycles. The molecule has 0 bridgehead atoms. The Morgan fingerprint density at radius 2 is 1.29 bits per heavy atom. The highest BCUT2D eigenvalue weighted by Gasteiger charge is 2.03. The number of nitrogen functional groups attached to an aromatic ring is 2. The minimum atomic E-state index is 0.427. The van der Waals surface area contributed by atoms with Crippen LogP contribution < -0.4 is 11.5 Å². The van der Waals surface area contributed by atoms with E-state index in [0.717, 1.165) is 0 Å². The first kappa shape index (κ1) is 10.9. The molecule has 0 aliphatic carbocycles. The third kappa shape index (κ3) is 2.72. The average Bonchev–Trinajstić information content (AvgIpc) is 2.33. The van der Waals surface area contributed by atoms with Crippen molar-refractivity contribution in [3.63, 3.8) is 0 Å². The molecule has 0 unspecified atom stereocenters. The quantitative estimate of drug-likeness (QED) is 0.358. The van der Waals surface area contributed by atoms with Gasteiger partial charge in [-0.2, -0.15) is 0 Å². The van der Waals surface area contributed by atoms with Gasteiger partial charge in [-0.3, -0.25) is 0 Å². The van der Waals surface area contributed by atoms with Gasteiger partial charge in [0.25, 0.3) is 0 Å². The maximum absolute atomic E-state index is 11.7. The van der Waals surface area contributed by atoms with Crippen LogP contribution in [-0.2, 0) is 0 Å². The number of benzene rings is 2. The van der Waals surface area contributed by atoms with E-state index in [4.69, 9.17) is 11.5 Å². The van der Waals surface area contributed by atoms with Crippen LogP contribution >= 0.6 is 0 Å². The lowest BCUT2D eigenvalue weighted by Crippen LogP contribution is -1.91. The van der Waals surface area contributed by atoms with Gasteiger partial charge in [0.1, 0.15) is 5.69 Å². The topological polar surface area (TPSA) is 90.5 Å². The fourth-order valence-corrected chi connectivity index (χ4v) is 1.31. The van der Waals surface area contributed by atoms with Crippen LogP contribution in [0.15, 0.2) is 53.6 Å². The Bertz CT molecular complexity index is 531. The van der Waals surface area contributed by atoms with Gasteiger partial charge < -0.3 is 16.7 Å². The fraction of sp³-hybridized carbons (Fsp3) is 0. The molecular formula is C12H12N4O. The molecule has 5 heteroatoms. The maximum atomic E-state index is 11.7. The van der Waals surface area contributed by atoms with Crippen molar-refractivity contribution in [2.45, 2.75) is 0 Å². The summed E-state index contributed by atoms with van der Waals surface area (Å²) in [4.78, 5) is 0.547. The van der Waals surface area contributed by atoms with Crippen molar-refractivity contribution in [3.05, 3.63) is 53.7 Å². The van der Waals surface area contributed by atoms with Crippen molar-refractivity contribution in [2.24, 2.45) is 5.11 Å². The van der Waals surface area contributed by atoms with Gasteiger partial charge in [0.2, 0.25) is 5.69 Å². The summed E-state index contributed by atoms with van der Waals surface area (Å²) in [7, 11) is 0. The molecule has 0 saturated carbocycles. The summed E-state index contributed by atoms with van der Waals surface area (Å²) in [6.45, 7) is 0. The Morgan fingerprint density at radius 3 is 1.82 bits per heavy atom. The van der Waals surface area contributed by atoms with Crippen LogP contribution in [0.3, 0.4) is 0 Å².